The quantitative estimate of drug-likeness (QED) is 0.00918. The molecule has 8 rings (SSSR count). The molecule has 8 aromatic rings. The number of nitrogens with two attached hydrogens (primary N) is 4. The molecule has 0 bridgehead atoms. The van der Waals surface area contributed by atoms with Crippen molar-refractivity contribution in [1.29, 1.82) is 0 Å². The molecule has 0 radical (unpaired) electrons. The van der Waals surface area contributed by atoms with Crippen molar-refractivity contribution >= 4 is 103 Å². The van der Waals surface area contributed by atoms with Crippen molar-refractivity contribution in [2.45, 2.75) is 77.3 Å². The second kappa shape index (κ2) is 29.4. The molecule has 0 spiro atoms. The fourth-order valence-electron chi connectivity index (χ4n) is 9.65. The van der Waals surface area contributed by atoms with Gasteiger partial charge in [-0.25, -0.2) is 0 Å². The van der Waals surface area contributed by atoms with E-state index in [1.165, 1.54) is 0 Å². The largest absolute Gasteiger partial charge is 0.862 e. The van der Waals surface area contributed by atoms with Crippen LogP contribution in [0.15, 0.2) is 144 Å². The van der Waals surface area contributed by atoms with Crippen LogP contribution in [0.25, 0.3) is 65.7 Å². The number of aliphatic imine (C=N–C) groups is 2. The number of aryl methyl sites for hydroxylation is 2. The van der Waals surface area contributed by atoms with Crippen LogP contribution >= 0.6 is 24.8 Å². The summed E-state index contributed by atoms with van der Waals surface area (Å²) in [5.41, 5.74) is 34.8. The summed E-state index contributed by atoms with van der Waals surface area (Å²) in [5, 5.41) is 31.8. The Morgan fingerprint density at radius 2 is 0.920 bits per heavy atom. The molecule has 2 heterocycles. The molecule has 0 amide bonds. The van der Waals surface area contributed by atoms with Gasteiger partial charge in [-0.1, -0.05) is 60.7 Å². The number of anilines is 4. The highest BCUT2D eigenvalue weighted by Crippen LogP contribution is 2.37. The van der Waals surface area contributed by atoms with E-state index in [2.05, 4.69) is 98.1 Å². The third kappa shape index (κ3) is 15.7. The van der Waals surface area contributed by atoms with Crippen LogP contribution in [0.2, 0.25) is 0 Å². The fourth-order valence-corrected chi connectivity index (χ4v) is 9.65. The van der Waals surface area contributed by atoms with E-state index in [0.717, 1.165) is 134 Å². The number of halogens is 2. The van der Waals surface area contributed by atoms with Crippen molar-refractivity contribution in [3.05, 3.63) is 134 Å². The summed E-state index contributed by atoms with van der Waals surface area (Å²) in [6.45, 7) is 5.34. The summed E-state index contributed by atoms with van der Waals surface area (Å²) < 4.78 is 21.6. The van der Waals surface area contributed by atoms with Gasteiger partial charge in [-0.15, -0.1) is 24.8 Å². The van der Waals surface area contributed by atoms with Crippen molar-refractivity contribution in [3.63, 3.8) is 0 Å². The van der Waals surface area contributed by atoms with Crippen LogP contribution in [0.5, 0.6) is 0 Å². The number of fused-ring (bicyclic) bond motifs is 6. The van der Waals surface area contributed by atoms with Crippen molar-refractivity contribution in [2.24, 2.45) is 9.98 Å². The second-order valence-electron chi connectivity index (χ2n) is 18.6. The zero-order valence-corrected chi connectivity index (χ0v) is 44.4. The summed E-state index contributed by atoms with van der Waals surface area (Å²) in [4.78, 5) is 8.49. The van der Waals surface area contributed by atoms with E-state index in [-0.39, 0.29) is 36.6 Å². The highest BCUT2D eigenvalue weighted by Gasteiger charge is 2.24. The lowest BCUT2D eigenvalue weighted by atomic mass is 9.95. The number of rotatable bonds is 28. The fraction of sp³-hybridized carbons (Fsp3) is 0.333. The number of benzene rings is 6. The molecule has 0 fully saturated rings. The Morgan fingerprint density at radius 1 is 0.440 bits per heavy atom. The smallest absolute Gasteiger partial charge is 0.220 e. The monoisotopic (exact) mass is 1050 g/mol. The lowest BCUT2D eigenvalue weighted by Crippen LogP contribution is -2.38. The van der Waals surface area contributed by atoms with E-state index in [1.807, 2.05) is 54.6 Å². The van der Waals surface area contributed by atoms with Crippen LogP contribution in [-0.4, -0.2) is 64.5 Å². The van der Waals surface area contributed by atoms with Crippen LogP contribution in [0.3, 0.4) is 0 Å². The average molecular weight is 1060 g/mol. The minimum Gasteiger partial charge on any atom is -0.862 e. The molecular weight excluding hydrogens is 984 g/mol. The third-order valence-electron chi connectivity index (χ3n) is 13.2. The zero-order valence-electron chi connectivity index (χ0n) is 42.8. The number of hydrogen-bond donors (Lipinski definition) is 4. The molecule has 0 aliphatic heterocycles. The number of ether oxygens (including phenoxy) is 3. The van der Waals surface area contributed by atoms with Gasteiger partial charge < -0.3 is 57.3 Å². The summed E-state index contributed by atoms with van der Waals surface area (Å²) >= 11 is 0. The van der Waals surface area contributed by atoms with Gasteiger partial charge in [0.05, 0.1) is 48.0 Å². The molecule has 396 valence electrons. The summed E-state index contributed by atoms with van der Waals surface area (Å²) in [6, 6.07) is 43.0. The molecule has 75 heavy (non-hydrogen) atoms. The lowest BCUT2D eigenvalue weighted by Gasteiger charge is -2.14. The standard InChI is InChI=1S/C60H70N8O5.2ClH/c61-45-21-24-48-51-26-23-47(63)41-56(51)68(60(52(48)39-45)44-17-7-2-8-18-44)32-12-4-10-20-58(70)66-30-14-34-72-36-38-73-37-35-71-33-13-29-65-57(69)19-9-3-11-31-67-42-53-49(50-25-22-46(62)40-55(50)67)27-28-54(64)59(53)43-15-5-1-6-16-43;;/h1-2,5-8,15-18,21-28,39-42,62-63H,3-4,9-14,19-20,29-38,61,64H2,(H2,65,66,69,70);2*1H. The van der Waals surface area contributed by atoms with Gasteiger partial charge in [0, 0.05) is 95.9 Å². The van der Waals surface area contributed by atoms with E-state index in [9.17, 15) is 10.2 Å². The van der Waals surface area contributed by atoms with E-state index >= 15 is 0 Å². The zero-order chi connectivity index (χ0) is 50.8. The first kappa shape index (κ1) is 57.5. The number of aromatic nitrogens is 2. The van der Waals surface area contributed by atoms with Gasteiger partial charge >= 0.3 is 0 Å². The maximum Gasteiger partial charge on any atom is 0.220 e. The first-order valence-electron chi connectivity index (χ1n) is 25.9. The molecular formula is C60H72Cl2N8O5. The van der Waals surface area contributed by atoms with Crippen molar-refractivity contribution in [1.82, 2.24) is 0 Å². The first-order valence-corrected chi connectivity index (χ1v) is 25.9. The summed E-state index contributed by atoms with van der Waals surface area (Å²) in [7, 11) is 0. The molecule has 6 aromatic carbocycles. The van der Waals surface area contributed by atoms with Gasteiger partial charge in [-0.05, 0) is 123 Å². The van der Waals surface area contributed by atoms with Crippen LogP contribution in [-0.2, 0) is 27.3 Å². The minimum absolute atomic E-state index is 0. The third-order valence-corrected chi connectivity index (χ3v) is 13.2. The number of hydrogen-bond acceptors (Lipinski definition) is 11. The SMILES string of the molecule is Cl.Cl.Nc1ccc2c(c1)c(-c1ccccc1)[n+](CCCCCC([O-])=NCCCOCCOCCOCCCN=C([O-])CCCCC[n+]1cc3c(-c4ccccc4)c(N)ccc3c3ccc(N)cc31)c1cc(N)ccc21. The van der Waals surface area contributed by atoms with Gasteiger partial charge in [-0.3, -0.25) is 0 Å². The molecule has 0 aliphatic carbocycles. The van der Waals surface area contributed by atoms with E-state index < -0.39 is 0 Å². The molecule has 0 unspecified atom stereocenters. The van der Waals surface area contributed by atoms with Crippen molar-refractivity contribution < 1.29 is 33.6 Å². The summed E-state index contributed by atoms with van der Waals surface area (Å²) in [5.74, 6) is -0.126. The molecule has 2 aromatic heterocycles. The Balaban J connectivity index is 0.00000457. The highest BCUT2D eigenvalue weighted by atomic mass is 35.5. The van der Waals surface area contributed by atoms with Crippen molar-refractivity contribution in [3.8, 4) is 22.4 Å². The maximum atomic E-state index is 12.6. The Hall–Kier alpha value is -6.74. The molecule has 13 nitrogen and oxygen atoms in total. The van der Waals surface area contributed by atoms with Crippen LogP contribution < -0.4 is 42.3 Å². The predicted octanol–water partition coefficient (Wildman–Crippen LogP) is 9.55. The molecule has 15 heteroatoms. The normalized spacial score (nSPS) is 11.9. The number of nitrogen functional groups attached to an aromatic ring is 4. The molecule has 0 atom stereocenters. The number of nitrogens with zero attached hydrogens (tertiary/aromatic N) is 4. The van der Waals surface area contributed by atoms with Crippen LogP contribution in [0.4, 0.5) is 22.7 Å². The second-order valence-corrected chi connectivity index (χ2v) is 18.6. The lowest BCUT2D eigenvalue weighted by molar-refractivity contribution is -0.670. The topological polar surface area (TPSA) is 210 Å². The maximum absolute atomic E-state index is 12.6. The first-order chi connectivity index (χ1) is 35.7. The molecule has 0 saturated heterocycles. The summed E-state index contributed by atoms with van der Waals surface area (Å²) in [6.07, 6.45) is 9.59. The number of unbranched alkanes of at least 4 members (excludes halogenated alkanes) is 4. The molecule has 8 N–H and O–H groups in total. The number of pyridine rings is 2. The van der Waals surface area contributed by atoms with Gasteiger partial charge in [0.2, 0.25) is 16.7 Å². The Morgan fingerprint density at radius 3 is 1.52 bits per heavy atom. The molecule has 0 aliphatic rings. The Labute approximate surface area is 453 Å². The minimum atomic E-state index is -0.0639. The van der Waals surface area contributed by atoms with E-state index in [4.69, 9.17) is 37.1 Å². The van der Waals surface area contributed by atoms with Gasteiger partial charge in [-0.2, -0.15) is 9.13 Å². The van der Waals surface area contributed by atoms with E-state index in [0.29, 0.717) is 84.1 Å². The molecule has 0 saturated carbocycles. The highest BCUT2D eigenvalue weighted by molar-refractivity contribution is 6.12. The van der Waals surface area contributed by atoms with E-state index in [1.54, 1.807) is 0 Å². The van der Waals surface area contributed by atoms with Crippen LogP contribution in [0, 0.1) is 0 Å². The van der Waals surface area contributed by atoms with Gasteiger partial charge in [0.15, 0.2) is 6.20 Å². The van der Waals surface area contributed by atoms with Gasteiger partial charge in [0.25, 0.3) is 0 Å². The van der Waals surface area contributed by atoms with Crippen molar-refractivity contribution in [2.75, 3.05) is 75.7 Å². The van der Waals surface area contributed by atoms with Gasteiger partial charge in [0.1, 0.15) is 13.1 Å². The van der Waals surface area contributed by atoms with Crippen LogP contribution in [0.1, 0.15) is 64.2 Å². The predicted molar refractivity (Wildman–Crippen MR) is 310 cm³/mol. The average Bonchev–Trinajstić information content (AvgIpc) is 3.39. The Kier molecular flexibility index (Phi) is 22.5. The Bertz CT molecular complexity index is 3160.